The Balaban J connectivity index is 1.97. The lowest BCUT2D eigenvalue weighted by molar-refractivity contribution is 0.276. The zero-order valence-corrected chi connectivity index (χ0v) is 13.8. The van der Waals surface area contributed by atoms with Crippen LogP contribution in [-0.4, -0.2) is 35.6 Å². The first kappa shape index (κ1) is 15.0. The molecule has 122 valence electrons. The van der Waals surface area contributed by atoms with Crippen LogP contribution in [0, 0.1) is 5.82 Å². The fraction of sp³-hybridized carbons (Fsp3) is 0.133. The lowest BCUT2D eigenvalue weighted by Gasteiger charge is -2.01. The van der Waals surface area contributed by atoms with Gasteiger partial charge in [0.1, 0.15) is 5.82 Å². The van der Waals surface area contributed by atoms with E-state index >= 15 is 0 Å². The Morgan fingerprint density at radius 1 is 1.25 bits per heavy atom. The molecule has 7 nitrogen and oxygen atoms in total. The fourth-order valence-corrected chi connectivity index (χ4v) is 3.13. The molecule has 2 N–H and O–H groups in total. The predicted molar refractivity (Wildman–Crippen MR) is 89.3 cm³/mol. The molecule has 0 spiro atoms. The van der Waals surface area contributed by atoms with Crippen molar-refractivity contribution in [3.05, 3.63) is 51.4 Å². The third-order valence-electron chi connectivity index (χ3n) is 3.74. The smallest absolute Gasteiger partial charge is 0.287 e. The van der Waals surface area contributed by atoms with E-state index < -0.39 is 0 Å². The molecule has 24 heavy (non-hydrogen) atoms. The Morgan fingerprint density at radius 3 is 2.71 bits per heavy atom. The van der Waals surface area contributed by atoms with Gasteiger partial charge in [0, 0.05) is 12.7 Å². The molecule has 0 radical (unpaired) electrons. The van der Waals surface area contributed by atoms with Crippen molar-refractivity contribution in [2.24, 2.45) is 0 Å². The molecule has 0 aliphatic heterocycles. The van der Waals surface area contributed by atoms with Gasteiger partial charge in [0.25, 0.3) is 5.56 Å². The van der Waals surface area contributed by atoms with E-state index in [2.05, 4.69) is 30.9 Å². The number of aliphatic hydroxyl groups excluding tert-OH is 1. The minimum Gasteiger partial charge on any atom is -0.395 e. The van der Waals surface area contributed by atoms with Gasteiger partial charge >= 0.3 is 0 Å². The Labute approximate surface area is 142 Å². The number of aromatic nitrogens is 5. The molecule has 9 heteroatoms. The van der Waals surface area contributed by atoms with Crippen LogP contribution in [-0.2, 0) is 6.54 Å². The monoisotopic (exact) mass is 391 g/mol. The van der Waals surface area contributed by atoms with Crippen LogP contribution in [0.4, 0.5) is 4.39 Å². The maximum Gasteiger partial charge on any atom is 0.287 e. The normalized spacial score (nSPS) is 11.6. The number of aliphatic hydroxyl groups is 1. The van der Waals surface area contributed by atoms with Crippen LogP contribution in [0.2, 0.25) is 0 Å². The van der Waals surface area contributed by atoms with Gasteiger partial charge in [0.15, 0.2) is 15.9 Å². The summed E-state index contributed by atoms with van der Waals surface area (Å²) in [6, 6.07) is 5.93. The molecule has 0 atom stereocenters. The van der Waals surface area contributed by atoms with Crippen LogP contribution in [0.5, 0.6) is 0 Å². The summed E-state index contributed by atoms with van der Waals surface area (Å²) in [5.74, 6) is 0.0152. The van der Waals surface area contributed by atoms with Gasteiger partial charge in [-0.25, -0.2) is 13.8 Å². The van der Waals surface area contributed by atoms with Crippen molar-refractivity contribution in [3.8, 4) is 11.3 Å². The number of rotatable bonds is 3. The fourth-order valence-electron chi connectivity index (χ4n) is 2.60. The van der Waals surface area contributed by atoms with E-state index in [1.807, 2.05) is 0 Å². The van der Waals surface area contributed by atoms with Crippen LogP contribution in [0.25, 0.3) is 28.2 Å². The number of hydrogen-bond acceptors (Lipinski definition) is 4. The van der Waals surface area contributed by atoms with E-state index in [0.29, 0.717) is 21.9 Å². The Kier molecular flexibility index (Phi) is 3.47. The molecular weight excluding hydrogens is 381 g/mol. The minimum absolute atomic E-state index is 0.101. The summed E-state index contributed by atoms with van der Waals surface area (Å²) in [5, 5.41) is 9.16. The molecule has 0 saturated carbocycles. The van der Waals surface area contributed by atoms with Crippen molar-refractivity contribution >= 4 is 32.9 Å². The van der Waals surface area contributed by atoms with Crippen molar-refractivity contribution < 1.29 is 9.50 Å². The van der Waals surface area contributed by atoms with Crippen molar-refractivity contribution in [1.29, 1.82) is 0 Å². The maximum atomic E-state index is 13.1. The molecule has 4 rings (SSSR count). The average Bonchev–Trinajstić information content (AvgIpc) is 3.12. The highest BCUT2D eigenvalue weighted by Gasteiger charge is 2.16. The van der Waals surface area contributed by atoms with Crippen LogP contribution < -0.4 is 5.56 Å². The third kappa shape index (κ3) is 2.24. The second-order valence-electron chi connectivity index (χ2n) is 5.21. The van der Waals surface area contributed by atoms with Gasteiger partial charge < -0.3 is 14.7 Å². The molecule has 0 saturated heterocycles. The number of hydrogen-bond donors (Lipinski definition) is 2. The molecule has 0 bridgehead atoms. The van der Waals surface area contributed by atoms with E-state index in [-0.39, 0.29) is 30.0 Å². The van der Waals surface area contributed by atoms with Gasteiger partial charge in [-0.15, -0.1) is 0 Å². The first-order valence-electron chi connectivity index (χ1n) is 7.12. The molecule has 0 fully saturated rings. The van der Waals surface area contributed by atoms with E-state index in [9.17, 15) is 9.18 Å². The van der Waals surface area contributed by atoms with Crippen molar-refractivity contribution in [2.75, 3.05) is 6.61 Å². The number of nitrogens with zero attached hydrogens (tertiary/aromatic N) is 4. The summed E-state index contributed by atoms with van der Waals surface area (Å²) in [7, 11) is 0. The molecule has 0 amide bonds. The molecule has 0 aliphatic carbocycles. The third-order valence-corrected chi connectivity index (χ3v) is 4.34. The standard InChI is InChI=1S/C15H11BrFN5O2/c16-14-19-11-12(21(14)5-6-23)20-15-18-10(7-22(15)13(11)24)8-1-3-9(17)4-2-8/h1-4,7,23H,5-6H2,(H,18,20). The topological polar surface area (TPSA) is 88.2 Å². The first-order valence-corrected chi connectivity index (χ1v) is 7.91. The van der Waals surface area contributed by atoms with Crippen LogP contribution in [0.15, 0.2) is 40.0 Å². The summed E-state index contributed by atoms with van der Waals surface area (Å²) in [4.78, 5) is 24.3. The van der Waals surface area contributed by atoms with Crippen LogP contribution in [0.1, 0.15) is 0 Å². The Hall–Kier alpha value is -2.52. The summed E-state index contributed by atoms with van der Waals surface area (Å²) >= 11 is 3.27. The van der Waals surface area contributed by atoms with Crippen LogP contribution >= 0.6 is 15.9 Å². The van der Waals surface area contributed by atoms with Gasteiger partial charge in [-0.1, -0.05) is 0 Å². The number of fused-ring (bicyclic) bond motifs is 2. The first-order chi connectivity index (χ1) is 11.6. The number of halogens is 2. The van der Waals surface area contributed by atoms with E-state index in [1.165, 1.54) is 16.5 Å². The number of benzene rings is 1. The van der Waals surface area contributed by atoms with E-state index in [0.717, 1.165) is 5.56 Å². The van der Waals surface area contributed by atoms with E-state index in [4.69, 9.17) is 5.11 Å². The predicted octanol–water partition coefficient (Wildman–Crippen LogP) is 1.93. The molecule has 1 aromatic carbocycles. The largest absolute Gasteiger partial charge is 0.395 e. The molecule has 3 heterocycles. The molecular formula is C15H11BrFN5O2. The maximum absolute atomic E-state index is 13.1. The second-order valence-corrected chi connectivity index (χ2v) is 5.92. The van der Waals surface area contributed by atoms with Gasteiger partial charge in [0.05, 0.1) is 12.3 Å². The van der Waals surface area contributed by atoms with Gasteiger partial charge in [-0.2, -0.15) is 4.98 Å². The van der Waals surface area contributed by atoms with Gasteiger partial charge in [0.2, 0.25) is 5.78 Å². The molecule has 0 aliphatic rings. The van der Waals surface area contributed by atoms with Crippen molar-refractivity contribution in [1.82, 2.24) is 23.9 Å². The SMILES string of the molecule is O=c1c2nc(Br)n(CCO)c2nc2[nH]c(-c3ccc(F)cc3)cn12. The van der Waals surface area contributed by atoms with Crippen molar-refractivity contribution in [2.45, 2.75) is 6.54 Å². The van der Waals surface area contributed by atoms with Gasteiger partial charge in [-0.05, 0) is 45.8 Å². The molecule has 3 aromatic heterocycles. The highest BCUT2D eigenvalue weighted by Crippen LogP contribution is 2.21. The zero-order valence-electron chi connectivity index (χ0n) is 12.2. The van der Waals surface area contributed by atoms with Gasteiger partial charge in [-0.3, -0.25) is 4.79 Å². The molecule has 4 aromatic rings. The zero-order chi connectivity index (χ0) is 16.8. The number of imidazole rings is 2. The number of nitrogens with one attached hydrogen (secondary N) is 1. The summed E-state index contributed by atoms with van der Waals surface area (Å²) in [6.07, 6.45) is 1.61. The minimum atomic E-state index is -0.331. The lowest BCUT2D eigenvalue weighted by atomic mass is 10.2. The highest BCUT2D eigenvalue weighted by atomic mass is 79.9. The Morgan fingerprint density at radius 2 is 2.00 bits per heavy atom. The number of H-pyrrole nitrogens is 1. The average molecular weight is 392 g/mol. The van der Waals surface area contributed by atoms with Crippen LogP contribution in [0.3, 0.4) is 0 Å². The number of aromatic amines is 1. The summed E-state index contributed by atoms with van der Waals surface area (Å²) in [5.41, 5.74) is 1.64. The molecule has 0 unspecified atom stereocenters. The second kappa shape index (κ2) is 5.53. The quantitative estimate of drug-likeness (QED) is 0.522. The highest BCUT2D eigenvalue weighted by molar-refractivity contribution is 9.10. The van der Waals surface area contributed by atoms with Crippen molar-refractivity contribution in [3.63, 3.8) is 0 Å². The summed E-state index contributed by atoms with van der Waals surface area (Å²) in [6.45, 7) is 0.169. The van der Waals surface area contributed by atoms with E-state index in [1.54, 1.807) is 22.9 Å². The lowest BCUT2D eigenvalue weighted by Crippen LogP contribution is -2.14. The summed E-state index contributed by atoms with van der Waals surface area (Å²) < 4.78 is 16.5. The Bertz CT molecular complexity index is 1110.